The first-order valence-electron chi connectivity index (χ1n) is 9.44. The zero-order chi connectivity index (χ0) is 19.3. The highest BCUT2D eigenvalue weighted by molar-refractivity contribution is 6.26. The van der Waals surface area contributed by atoms with E-state index in [2.05, 4.69) is 26.8 Å². The number of imide groups is 1. The number of aryl methyl sites for hydroxylation is 1. The summed E-state index contributed by atoms with van der Waals surface area (Å²) in [6.45, 7) is 12.5. The standard InChI is InChI=1S/C23H29NO2/c1-22(2,3)14-8-9-15-12-13-18-19-16(15)10-7-11-17(19)20(25)24(21(18)26)23(4,5)6/h7,10-13H,8-9,14H2,1-6H3. The van der Waals surface area contributed by atoms with E-state index in [1.54, 1.807) is 0 Å². The number of hydrogen-bond acceptors (Lipinski definition) is 2. The molecule has 138 valence electrons. The number of rotatable bonds is 3. The molecule has 2 amide bonds. The van der Waals surface area contributed by atoms with Gasteiger partial charge in [0, 0.05) is 22.1 Å². The van der Waals surface area contributed by atoms with Gasteiger partial charge in [0.2, 0.25) is 0 Å². The summed E-state index contributed by atoms with van der Waals surface area (Å²) < 4.78 is 0. The van der Waals surface area contributed by atoms with Gasteiger partial charge in [-0.1, -0.05) is 39.0 Å². The van der Waals surface area contributed by atoms with Crippen molar-refractivity contribution < 1.29 is 9.59 Å². The Morgan fingerprint density at radius 2 is 1.46 bits per heavy atom. The topological polar surface area (TPSA) is 37.4 Å². The van der Waals surface area contributed by atoms with Crippen LogP contribution in [0.15, 0.2) is 30.3 Å². The fourth-order valence-electron chi connectivity index (χ4n) is 3.79. The first-order chi connectivity index (χ1) is 12.0. The molecule has 1 aliphatic rings. The number of hydrogen-bond donors (Lipinski definition) is 0. The van der Waals surface area contributed by atoms with Gasteiger partial charge in [0.25, 0.3) is 11.8 Å². The summed E-state index contributed by atoms with van der Waals surface area (Å²) in [5.74, 6) is -0.375. The van der Waals surface area contributed by atoms with Crippen molar-refractivity contribution in [1.82, 2.24) is 4.90 Å². The minimum atomic E-state index is -0.542. The van der Waals surface area contributed by atoms with Gasteiger partial charge < -0.3 is 0 Å². The highest BCUT2D eigenvalue weighted by Gasteiger charge is 2.39. The molecule has 0 saturated heterocycles. The van der Waals surface area contributed by atoms with Crippen LogP contribution in [0.1, 0.15) is 80.7 Å². The summed E-state index contributed by atoms with van der Waals surface area (Å²) in [7, 11) is 0. The molecule has 0 radical (unpaired) electrons. The van der Waals surface area contributed by atoms with E-state index in [1.165, 1.54) is 10.5 Å². The molecule has 0 atom stereocenters. The van der Waals surface area contributed by atoms with E-state index in [9.17, 15) is 9.59 Å². The van der Waals surface area contributed by atoms with Crippen molar-refractivity contribution in [2.75, 3.05) is 0 Å². The molecule has 1 aliphatic heterocycles. The molecule has 1 heterocycles. The van der Waals surface area contributed by atoms with Gasteiger partial charge in [0.1, 0.15) is 0 Å². The van der Waals surface area contributed by atoms with Crippen molar-refractivity contribution in [3.05, 3.63) is 47.0 Å². The van der Waals surface area contributed by atoms with E-state index in [-0.39, 0.29) is 11.8 Å². The Labute approximate surface area is 156 Å². The monoisotopic (exact) mass is 351 g/mol. The van der Waals surface area contributed by atoms with Crippen LogP contribution in [0.25, 0.3) is 10.8 Å². The highest BCUT2D eigenvalue weighted by Crippen LogP contribution is 2.35. The largest absolute Gasteiger partial charge is 0.269 e. The predicted molar refractivity (Wildman–Crippen MR) is 107 cm³/mol. The van der Waals surface area contributed by atoms with Crippen LogP contribution in [-0.2, 0) is 6.42 Å². The summed E-state index contributed by atoms with van der Waals surface area (Å²) in [6.07, 6.45) is 3.20. The van der Waals surface area contributed by atoms with Crippen LogP contribution < -0.4 is 0 Å². The molecule has 2 aromatic rings. The third-order valence-corrected chi connectivity index (χ3v) is 5.04. The maximum absolute atomic E-state index is 13.0. The molecule has 0 fully saturated rings. The SMILES string of the molecule is CC(C)(C)CCCc1ccc2c3c(cccc13)C(=O)N(C(C)(C)C)C2=O. The quantitative estimate of drug-likeness (QED) is 0.675. The summed E-state index contributed by atoms with van der Waals surface area (Å²) >= 11 is 0. The van der Waals surface area contributed by atoms with Crippen molar-refractivity contribution in [3.8, 4) is 0 Å². The molecule has 0 aromatic heterocycles. The number of amides is 2. The molecular formula is C23H29NO2. The van der Waals surface area contributed by atoms with E-state index in [0.717, 1.165) is 30.0 Å². The summed E-state index contributed by atoms with van der Waals surface area (Å²) in [6, 6.07) is 9.80. The first kappa shape index (κ1) is 18.6. The van der Waals surface area contributed by atoms with Crippen LogP contribution in [0.3, 0.4) is 0 Å². The Kier molecular flexibility index (Phi) is 4.46. The molecule has 0 unspecified atom stereocenters. The molecule has 3 rings (SSSR count). The van der Waals surface area contributed by atoms with Crippen LogP contribution in [-0.4, -0.2) is 22.3 Å². The highest BCUT2D eigenvalue weighted by atomic mass is 16.2. The lowest BCUT2D eigenvalue weighted by molar-refractivity contribution is 0.0460. The van der Waals surface area contributed by atoms with E-state index >= 15 is 0 Å². The first-order valence-corrected chi connectivity index (χ1v) is 9.44. The second-order valence-electron chi connectivity index (χ2n) is 9.53. The average molecular weight is 351 g/mol. The minimum absolute atomic E-state index is 0.188. The minimum Gasteiger partial charge on any atom is -0.269 e. The molecule has 3 heteroatoms. The number of nitrogens with zero attached hydrogens (tertiary/aromatic N) is 1. The van der Waals surface area contributed by atoms with Crippen molar-refractivity contribution in [2.24, 2.45) is 5.41 Å². The van der Waals surface area contributed by atoms with Gasteiger partial charge in [-0.3, -0.25) is 14.5 Å². The zero-order valence-electron chi connectivity index (χ0n) is 16.8. The van der Waals surface area contributed by atoms with E-state index in [4.69, 9.17) is 0 Å². The predicted octanol–water partition coefficient (Wildman–Crippen LogP) is 5.60. The van der Waals surface area contributed by atoms with Crippen LogP contribution in [0.5, 0.6) is 0 Å². The zero-order valence-corrected chi connectivity index (χ0v) is 16.8. The van der Waals surface area contributed by atoms with Crippen LogP contribution in [0, 0.1) is 5.41 Å². The number of carbonyl (C=O) groups is 2. The Morgan fingerprint density at radius 3 is 2.04 bits per heavy atom. The Bertz CT molecular complexity index is 859. The molecule has 2 aromatic carbocycles. The van der Waals surface area contributed by atoms with Crippen LogP contribution in [0.4, 0.5) is 0 Å². The molecule has 0 saturated carbocycles. The average Bonchev–Trinajstić information content (AvgIpc) is 2.51. The van der Waals surface area contributed by atoms with Gasteiger partial charge in [-0.25, -0.2) is 0 Å². The van der Waals surface area contributed by atoms with E-state index in [0.29, 0.717) is 16.5 Å². The lowest BCUT2D eigenvalue weighted by Gasteiger charge is -2.37. The van der Waals surface area contributed by atoms with Crippen molar-refractivity contribution in [2.45, 2.75) is 66.3 Å². The maximum Gasteiger partial charge on any atom is 0.261 e. The molecule has 0 N–H and O–H groups in total. The molecular weight excluding hydrogens is 322 g/mol. The molecule has 0 aliphatic carbocycles. The molecule has 26 heavy (non-hydrogen) atoms. The van der Waals surface area contributed by atoms with Crippen LogP contribution >= 0.6 is 0 Å². The van der Waals surface area contributed by atoms with Gasteiger partial charge in [-0.05, 0) is 68.5 Å². The lowest BCUT2D eigenvalue weighted by Crippen LogP contribution is -2.51. The lowest BCUT2D eigenvalue weighted by atomic mass is 9.86. The molecule has 0 spiro atoms. The Hall–Kier alpha value is -2.16. The van der Waals surface area contributed by atoms with Gasteiger partial charge in [0.15, 0.2) is 0 Å². The fourth-order valence-corrected chi connectivity index (χ4v) is 3.79. The fraction of sp³-hybridized carbons (Fsp3) is 0.478. The number of benzene rings is 2. The van der Waals surface area contributed by atoms with Crippen molar-refractivity contribution >= 4 is 22.6 Å². The third-order valence-electron chi connectivity index (χ3n) is 5.04. The Balaban J connectivity index is 2.07. The van der Waals surface area contributed by atoms with E-state index < -0.39 is 5.54 Å². The van der Waals surface area contributed by atoms with E-state index in [1.807, 2.05) is 45.0 Å². The van der Waals surface area contributed by atoms with Gasteiger partial charge in [0.05, 0.1) is 0 Å². The van der Waals surface area contributed by atoms with Crippen molar-refractivity contribution in [3.63, 3.8) is 0 Å². The maximum atomic E-state index is 13.0. The van der Waals surface area contributed by atoms with Crippen molar-refractivity contribution in [1.29, 1.82) is 0 Å². The summed E-state index contributed by atoms with van der Waals surface area (Å²) in [5, 5.41) is 1.88. The number of carbonyl (C=O) groups excluding carboxylic acids is 2. The second-order valence-corrected chi connectivity index (χ2v) is 9.53. The van der Waals surface area contributed by atoms with Gasteiger partial charge >= 0.3 is 0 Å². The third kappa shape index (κ3) is 3.27. The smallest absolute Gasteiger partial charge is 0.261 e. The van der Waals surface area contributed by atoms with Gasteiger partial charge in [-0.15, -0.1) is 0 Å². The summed E-state index contributed by atoms with van der Waals surface area (Å²) in [5.41, 5.74) is 2.28. The normalized spacial score (nSPS) is 15.1. The summed E-state index contributed by atoms with van der Waals surface area (Å²) in [4.78, 5) is 27.4. The second kappa shape index (κ2) is 6.22. The molecule has 3 nitrogen and oxygen atoms in total. The van der Waals surface area contributed by atoms with Crippen LogP contribution in [0.2, 0.25) is 0 Å². The molecule has 0 bridgehead atoms. The van der Waals surface area contributed by atoms with Gasteiger partial charge in [-0.2, -0.15) is 0 Å². The Morgan fingerprint density at radius 1 is 0.846 bits per heavy atom.